The van der Waals surface area contributed by atoms with E-state index in [-0.39, 0.29) is 24.4 Å². The second-order valence-electron chi connectivity index (χ2n) is 6.12. The number of rotatable bonds is 5. The van der Waals surface area contributed by atoms with Gasteiger partial charge in [-0.2, -0.15) is 0 Å². The smallest absolute Gasteiger partial charge is 0.258 e. The monoisotopic (exact) mass is 317 g/mol. The molecule has 0 atom stereocenters. The summed E-state index contributed by atoms with van der Waals surface area (Å²) in [4.78, 5) is 14.1. The Kier molecular flexibility index (Phi) is 5.01. The molecule has 0 spiro atoms. The van der Waals surface area contributed by atoms with Gasteiger partial charge < -0.3 is 15.1 Å². The number of hydrogen-bond acceptors (Lipinski definition) is 3. The van der Waals surface area contributed by atoms with E-state index in [1.807, 2.05) is 30.3 Å². The van der Waals surface area contributed by atoms with Crippen molar-refractivity contribution in [2.45, 2.75) is 26.0 Å². The minimum absolute atomic E-state index is 0.0523. The zero-order valence-electron chi connectivity index (χ0n) is 13.2. The first-order valence-corrected chi connectivity index (χ1v) is 7.30. The van der Waals surface area contributed by atoms with Crippen LogP contribution in [0, 0.1) is 5.82 Å². The van der Waals surface area contributed by atoms with Crippen molar-refractivity contribution in [2.24, 2.45) is 0 Å². The molecule has 0 bridgehead atoms. The average molecular weight is 317 g/mol. The van der Waals surface area contributed by atoms with Gasteiger partial charge in [0.05, 0.1) is 11.2 Å². The zero-order chi connectivity index (χ0) is 17.0. The van der Waals surface area contributed by atoms with Gasteiger partial charge in [-0.25, -0.2) is 4.39 Å². The molecule has 1 amide bonds. The number of nitrogens with zero attached hydrogens (tertiary/aromatic N) is 1. The summed E-state index contributed by atoms with van der Waals surface area (Å²) in [5.41, 5.74) is -0.362. The molecule has 2 N–H and O–H groups in total. The fourth-order valence-corrected chi connectivity index (χ4v) is 2.32. The molecule has 4 nitrogen and oxygen atoms in total. The van der Waals surface area contributed by atoms with E-state index in [1.54, 1.807) is 13.8 Å². The number of amides is 1. The molecule has 0 saturated carbocycles. The molecule has 0 fully saturated rings. The predicted molar refractivity (Wildman–Crippen MR) is 85.5 cm³/mol. The Balaban J connectivity index is 2.32. The minimum atomic E-state index is -1.12. The molecule has 0 saturated heterocycles. The van der Waals surface area contributed by atoms with Crippen molar-refractivity contribution in [1.29, 1.82) is 0 Å². The SMILES string of the molecule is CC(C)(O)CN(Cc1ccccc1)C(=O)c1cc(F)ccc1O. The molecule has 0 heterocycles. The third-order valence-corrected chi connectivity index (χ3v) is 3.27. The number of phenols is 1. The summed E-state index contributed by atoms with van der Waals surface area (Å²) < 4.78 is 13.4. The minimum Gasteiger partial charge on any atom is -0.507 e. The summed E-state index contributed by atoms with van der Waals surface area (Å²) in [5.74, 6) is -1.42. The summed E-state index contributed by atoms with van der Waals surface area (Å²) in [6.45, 7) is 3.48. The molecule has 122 valence electrons. The van der Waals surface area contributed by atoms with Gasteiger partial charge in [0, 0.05) is 13.1 Å². The van der Waals surface area contributed by atoms with E-state index in [2.05, 4.69) is 0 Å². The van der Waals surface area contributed by atoms with E-state index >= 15 is 0 Å². The fraction of sp³-hybridized carbons (Fsp3) is 0.278. The highest BCUT2D eigenvalue weighted by molar-refractivity contribution is 5.96. The van der Waals surface area contributed by atoms with Crippen molar-refractivity contribution < 1.29 is 19.4 Å². The maximum Gasteiger partial charge on any atom is 0.258 e. The Morgan fingerprint density at radius 3 is 2.43 bits per heavy atom. The fourth-order valence-electron chi connectivity index (χ4n) is 2.32. The lowest BCUT2D eigenvalue weighted by Crippen LogP contribution is -2.41. The molecule has 0 aliphatic carbocycles. The number of halogens is 1. The van der Waals surface area contributed by atoms with Gasteiger partial charge in [0.2, 0.25) is 0 Å². The molecule has 0 aliphatic heterocycles. The molecule has 0 aromatic heterocycles. The van der Waals surface area contributed by atoms with Crippen molar-refractivity contribution in [2.75, 3.05) is 6.54 Å². The van der Waals surface area contributed by atoms with Gasteiger partial charge in [0.15, 0.2) is 0 Å². The predicted octanol–water partition coefficient (Wildman–Crippen LogP) is 2.94. The molecule has 0 aliphatic rings. The molecule has 2 aromatic rings. The van der Waals surface area contributed by atoms with Crippen LogP contribution in [0.25, 0.3) is 0 Å². The van der Waals surface area contributed by atoms with Crippen LogP contribution in [-0.4, -0.2) is 33.2 Å². The number of carbonyl (C=O) groups excluding carboxylic acids is 1. The summed E-state index contributed by atoms with van der Waals surface area (Å²) in [6.07, 6.45) is 0. The van der Waals surface area contributed by atoms with E-state index in [0.717, 1.165) is 23.8 Å². The first-order valence-electron chi connectivity index (χ1n) is 7.30. The quantitative estimate of drug-likeness (QED) is 0.891. The molecule has 0 unspecified atom stereocenters. The van der Waals surface area contributed by atoms with Gasteiger partial charge in [-0.05, 0) is 37.6 Å². The third-order valence-electron chi connectivity index (χ3n) is 3.27. The first-order chi connectivity index (χ1) is 10.8. The summed E-state index contributed by atoms with van der Waals surface area (Å²) in [7, 11) is 0. The van der Waals surface area contributed by atoms with Crippen molar-refractivity contribution in [3.63, 3.8) is 0 Å². The van der Waals surface area contributed by atoms with Gasteiger partial charge in [0.25, 0.3) is 5.91 Å². The van der Waals surface area contributed by atoms with Crippen LogP contribution >= 0.6 is 0 Å². The van der Waals surface area contributed by atoms with E-state index in [9.17, 15) is 19.4 Å². The molecule has 23 heavy (non-hydrogen) atoms. The highest BCUT2D eigenvalue weighted by Crippen LogP contribution is 2.22. The van der Waals surface area contributed by atoms with E-state index < -0.39 is 17.3 Å². The molecule has 5 heteroatoms. The zero-order valence-corrected chi connectivity index (χ0v) is 13.2. The number of aliphatic hydroxyl groups is 1. The van der Waals surface area contributed by atoms with Crippen LogP contribution in [0.3, 0.4) is 0 Å². The Morgan fingerprint density at radius 1 is 1.17 bits per heavy atom. The number of phenolic OH excluding ortho intramolecular Hbond substituents is 1. The normalized spacial score (nSPS) is 11.3. The van der Waals surface area contributed by atoms with Gasteiger partial charge in [0.1, 0.15) is 11.6 Å². The van der Waals surface area contributed by atoms with Crippen molar-refractivity contribution in [1.82, 2.24) is 4.90 Å². The lowest BCUT2D eigenvalue weighted by Gasteiger charge is -2.29. The summed E-state index contributed by atoms with van der Waals surface area (Å²) in [6, 6.07) is 12.5. The van der Waals surface area contributed by atoms with Crippen molar-refractivity contribution in [3.8, 4) is 5.75 Å². The van der Waals surface area contributed by atoms with Crippen LogP contribution < -0.4 is 0 Å². The van der Waals surface area contributed by atoms with Gasteiger partial charge in [-0.3, -0.25) is 4.79 Å². The highest BCUT2D eigenvalue weighted by atomic mass is 19.1. The maximum atomic E-state index is 13.4. The standard InChI is InChI=1S/C18H20FNO3/c1-18(2,23)12-20(11-13-6-4-3-5-7-13)17(22)15-10-14(19)8-9-16(15)21/h3-10,21,23H,11-12H2,1-2H3. The Bertz CT molecular complexity index is 680. The van der Waals surface area contributed by atoms with Gasteiger partial charge in [-0.15, -0.1) is 0 Å². The average Bonchev–Trinajstić information content (AvgIpc) is 2.48. The van der Waals surface area contributed by atoms with Crippen LogP contribution in [0.15, 0.2) is 48.5 Å². The van der Waals surface area contributed by atoms with Crippen LogP contribution in [-0.2, 0) is 6.54 Å². The van der Waals surface area contributed by atoms with Crippen LogP contribution in [0.5, 0.6) is 5.75 Å². The lowest BCUT2D eigenvalue weighted by molar-refractivity contribution is 0.0278. The van der Waals surface area contributed by atoms with Crippen molar-refractivity contribution in [3.05, 3.63) is 65.5 Å². The second kappa shape index (κ2) is 6.79. The largest absolute Gasteiger partial charge is 0.507 e. The van der Waals surface area contributed by atoms with E-state index in [4.69, 9.17) is 0 Å². The Hall–Kier alpha value is -2.40. The molecular formula is C18H20FNO3. The molecule has 0 radical (unpaired) electrons. The van der Waals surface area contributed by atoms with Crippen molar-refractivity contribution >= 4 is 5.91 Å². The number of carbonyl (C=O) groups is 1. The topological polar surface area (TPSA) is 60.8 Å². The summed E-state index contributed by atoms with van der Waals surface area (Å²) >= 11 is 0. The maximum absolute atomic E-state index is 13.4. The van der Waals surface area contributed by atoms with Gasteiger partial charge >= 0.3 is 0 Å². The highest BCUT2D eigenvalue weighted by Gasteiger charge is 2.25. The van der Waals surface area contributed by atoms with E-state index in [0.29, 0.717) is 0 Å². The van der Waals surface area contributed by atoms with Gasteiger partial charge in [-0.1, -0.05) is 30.3 Å². The number of hydrogen-bond donors (Lipinski definition) is 2. The molecule has 2 rings (SSSR count). The molecular weight excluding hydrogens is 297 g/mol. The number of aromatic hydroxyl groups is 1. The van der Waals surface area contributed by atoms with Crippen LogP contribution in [0.2, 0.25) is 0 Å². The molecule has 2 aromatic carbocycles. The third kappa shape index (κ3) is 4.79. The first kappa shape index (κ1) is 17.0. The van der Waals surface area contributed by atoms with Crippen LogP contribution in [0.4, 0.5) is 4.39 Å². The lowest BCUT2D eigenvalue weighted by atomic mass is 10.1. The van der Waals surface area contributed by atoms with E-state index in [1.165, 1.54) is 4.90 Å². The number of benzene rings is 2. The second-order valence-corrected chi connectivity index (χ2v) is 6.12. The van der Waals surface area contributed by atoms with Crippen LogP contribution in [0.1, 0.15) is 29.8 Å². The summed E-state index contributed by atoms with van der Waals surface area (Å²) in [5, 5.41) is 19.9. The Labute approximate surface area is 134 Å². The Morgan fingerprint density at radius 2 is 1.83 bits per heavy atom.